The highest BCUT2D eigenvalue weighted by atomic mass is 32.2. The van der Waals surface area contributed by atoms with E-state index in [2.05, 4.69) is 25.6 Å². The molecule has 0 aromatic heterocycles. The minimum absolute atomic E-state index is 1.37. The zero-order chi connectivity index (χ0) is 43.7. The van der Waals surface area contributed by atoms with Crippen molar-refractivity contribution in [1.29, 1.82) is 0 Å². The Kier molecular flexibility index (Phi) is 60.7. The molecule has 368 valence electrons. The van der Waals surface area contributed by atoms with Crippen molar-refractivity contribution in [2.75, 3.05) is 11.5 Å². The Morgan fingerprint density at radius 3 is 0.344 bits per heavy atom. The summed E-state index contributed by atoms with van der Waals surface area (Å²) in [4.78, 5) is 0. The summed E-state index contributed by atoms with van der Waals surface area (Å²) in [5, 5.41) is 0. The fraction of sp³-hybridized carbons (Fsp3) is 1.00. The SMILES string of the molecule is CCCCCCCCCCCCCCCCCCCCCCCCCCCCCCSCCCCCCCCCCCCCCCCCCCCCCCCCCCCCC. The monoisotopic (exact) mass is 875 g/mol. The van der Waals surface area contributed by atoms with Crippen LogP contribution >= 0.6 is 11.8 Å². The first-order chi connectivity index (χ1) is 30.4. The molecule has 0 saturated carbocycles. The fourth-order valence-corrected chi connectivity index (χ4v) is 10.9. The number of hydrogen-bond acceptors (Lipinski definition) is 1. The highest BCUT2D eigenvalue weighted by Crippen LogP contribution is 2.19. The fourth-order valence-electron chi connectivity index (χ4n) is 9.85. The Bertz CT molecular complexity index is 644. The molecule has 0 atom stereocenters. The maximum atomic E-state index is 2.31. The summed E-state index contributed by atoms with van der Waals surface area (Å²) >= 11 is 2.24. The van der Waals surface area contributed by atoms with Crippen LogP contribution in [-0.2, 0) is 0 Å². The molecule has 0 aliphatic rings. The third-order valence-electron chi connectivity index (χ3n) is 14.3. The summed E-state index contributed by atoms with van der Waals surface area (Å²) in [6.07, 6.45) is 83.1. The van der Waals surface area contributed by atoms with Gasteiger partial charge in [0.05, 0.1) is 0 Å². The average Bonchev–Trinajstić information content (AvgIpc) is 3.27. The number of unbranched alkanes of at least 4 members (excludes halogenated alkanes) is 54. The number of rotatable bonds is 58. The van der Waals surface area contributed by atoms with Gasteiger partial charge in [-0.1, -0.05) is 361 Å². The van der Waals surface area contributed by atoms with Gasteiger partial charge in [-0.05, 0) is 24.3 Å². The van der Waals surface area contributed by atoms with Gasteiger partial charge in [0.2, 0.25) is 0 Å². The molecule has 61 heavy (non-hydrogen) atoms. The van der Waals surface area contributed by atoms with Crippen molar-refractivity contribution in [3.63, 3.8) is 0 Å². The molecule has 0 fully saturated rings. The normalized spacial score (nSPS) is 11.7. The van der Waals surface area contributed by atoms with Crippen LogP contribution in [0.5, 0.6) is 0 Å². The van der Waals surface area contributed by atoms with E-state index in [1.165, 1.54) is 371 Å². The molecular weight excluding hydrogens is 753 g/mol. The molecule has 0 N–H and O–H groups in total. The lowest BCUT2D eigenvalue weighted by molar-refractivity contribution is 0.514. The van der Waals surface area contributed by atoms with Gasteiger partial charge in [-0.25, -0.2) is 0 Å². The highest BCUT2D eigenvalue weighted by Gasteiger charge is 2.00. The summed E-state index contributed by atoms with van der Waals surface area (Å²) in [6, 6.07) is 0. The van der Waals surface area contributed by atoms with E-state index in [-0.39, 0.29) is 0 Å². The van der Waals surface area contributed by atoms with Crippen molar-refractivity contribution in [3.8, 4) is 0 Å². The molecule has 0 rings (SSSR count). The molecule has 0 heterocycles. The second-order valence-electron chi connectivity index (χ2n) is 20.7. The Morgan fingerprint density at radius 1 is 0.131 bits per heavy atom. The number of thioether (sulfide) groups is 1. The van der Waals surface area contributed by atoms with Crippen molar-refractivity contribution in [2.24, 2.45) is 0 Å². The molecule has 0 aliphatic carbocycles. The molecule has 0 aromatic rings. The minimum atomic E-state index is 1.37. The van der Waals surface area contributed by atoms with E-state index in [1.54, 1.807) is 0 Å². The standard InChI is InChI=1S/C60H122S/c1-3-5-7-9-11-13-15-17-19-21-23-25-27-29-31-33-35-37-39-41-43-45-47-49-51-53-55-57-59-61-60-58-56-54-52-50-48-46-44-42-40-38-36-34-32-30-28-26-24-22-20-18-16-14-12-10-8-6-4-2/h3-60H2,1-2H3. The topological polar surface area (TPSA) is 0 Å². The van der Waals surface area contributed by atoms with Crippen LogP contribution in [-0.4, -0.2) is 11.5 Å². The van der Waals surface area contributed by atoms with E-state index in [1.807, 2.05) is 0 Å². The van der Waals surface area contributed by atoms with Crippen molar-refractivity contribution in [3.05, 3.63) is 0 Å². The molecule has 0 spiro atoms. The first-order valence-electron chi connectivity index (χ1n) is 30.0. The van der Waals surface area contributed by atoms with E-state index in [0.29, 0.717) is 0 Å². The average molecular weight is 876 g/mol. The predicted octanol–water partition coefficient (Wildman–Crippen LogP) is 23.6. The van der Waals surface area contributed by atoms with E-state index < -0.39 is 0 Å². The second kappa shape index (κ2) is 60.4. The lowest BCUT2D eigenvalue weighted by Gasteiger charge is -2.05. The van der Waals surface area contributed by atoms with Gasteiger partial charge in [0.15, 0.2) is 0 Å². The summed E-state index contributed by atoms with van der Waals surface area (Å²) in [5.41, 5.74) is 0. The van der Waals surface area contributed by atoms with Crippen LogP contribution in [0.1, 0.15) is 373 Å². The van der Waals surface area contributed by atoms with Crippen LogP contribution < -0.4 is 0 Å². The molecule has 1 heteroatoms. The summed E-state index contributed by atoms with van der Waals surface area (Å²) in [6.45, 7) is 4.63. The number of hydrogen-bond donors (Lipinski definition) is 0. The molecule has 0 saturated heterocycles. The first kappa shape index (κ1) is 61.4. The van der Waals surface area contributed by atoms with Crippen LogP contribution in [0.15, 0.2) is 0 Å². The van der Waals surface area contributed by atoms with E-state index in [9.17, 15) is 0 Å². The molecule has 0 amide bonds. The van der Waals surface area contributed by atoms with Crippen LogP contribution in [0.2, 0.25) is 0 Å². The van der Waals surface area contributed by atoms with Crippen molar-refractivity contribution >= 4 is 11.8 Å². The van der Waals surface area contributed by atoms with Crippen molar-refractivity contribution in [1.82, 2.24) is 0 Å². The molecular formula is C60H122S. The summed E-state index contributed by atoms with van der Waals surface area (Å²) in [7, 11) is 0. The van der Waals surface area contributed by atoms with Crippen molar-refractivity contribution < 1.29 is 0 Å². The van der Waals surface area contributed by atoms with Gasteiger partial charge < -0.3 is 0 Å². The van der Waals surface area contributed by atoms with Gasteiger partial charge in [0.25, 0.3) is 0 Å². The second-order valence-corrected chi connectivity index (χ2v) is 21.9. The van der Waals surface area contributed by atoms with Gasteiger partial charge in [0, 0.05) is 0 Å². The lowest BCUT2D eigenvalue weighted by atomic mass is 10.0. The van der Waals surface area contributed by atoms with Gasteiger partial charge >= 0.3 is 0 Å². The summed E-state index contributed by atoms with van der Waals surface area (Å²) < 4.78 is 0. The minimum Gasteiger partial charge on any atom is -0.162 e. The Labute approximate surface area is 394 Å². The molecule has 0 aromatic carbocycles. The summed E-state index contributed by atoms with van der Waals surface area (Å²) in [5.74, 6) is 2.83. The quantitative estimate of drug-likeness (QED) is 0.0549. The van der Waals surface area contributed by atoms with Gasteiger partial charge in [-0.3, -0.25) is 0 Å². The molecule has 0 radical (unpaired) electrons. The largest absolute Gasteiger partial charge is 0.162 e. The Balaban J connectivity index is 3.06. The molecule has 0 aliphatic heterocycles. The lowest BCUT2D eigenvalue weighted by Crippen LogP contribution is -1.87. The zero-order valence-corrected chi connectivity index (χ0v) is 44.2. The van der Waals surface area contributed by atoms with Crippen molar-refractivity contribution in [2.45, 2.75) is 373 Å². The van der Waals surface area contributed by atoms with Crippen LogP contribution in [0, 0.1) is 0 Å². The van der Waals surface area contributed by atoms with Gasteiger partial charge in [-0.15, -0.1) is 0 Å². The van der Waals surface area contributed by atoms with Crippen LogP contribution in [0.3, 0.4) is 0 Å². The van der Waals surface area contributed by atoms with E-state index in [4.69, 9.17) is 0 Å². The third kappa shape index (κ3) is 60.3. The Morgan fingerprint density at radius 2 is 0.230 bits per heavy atom. The van der Waals surface area contributed by atoms with Crippen LogP contribution in [0.4, 0.5) is 0 Å². The highest BCUT2D eigenvalue weighted by molar-refractivity contribution is 7.99. The first-order valence-corrected chi connectivity index (χ1v) is 31.1. The predicted molar refractivity (Wildman–Crippen MR) is 287 cm³/mol. The molecule has 0 bridgehead atoms. The smallest absolute Gasteiger partial charge is 0.00675 e. The van der Waals surface area contributed by atoms with Gasteiger partial charge in [-0.2, -0.15) is 11.8 Å². The van der Waals surface area contributed by atoms with Crippen LogP contribution in [0.25, 0.3) is 0 Å². The van der Waals surface area contributed by atoms with Gasteiger partial charge in [0.1, 0.15) is 0 Å². The maximum absolute atomic E-state index is 2.31. The molecule has 0 unspecified atom stereocenters. The molecule has 0 nitrogen and oxygen atoms in total. The zero-order valence-electron chi connectivity index (χ0n) is 43.4. The third-order valence-corrected chi connectivity index (χ3v) is 15.4. The van der Waals surface area contributed by atoms with E-state index in [0.717, 1.165) is 0 Å². The van der Waals surface area contributed by atoms with E-state index >= 15 is 0 Å². The Hall–Kier alpha value is 0.350. The maximum Gasteiger partial charge on any atom is -0.00675 e.